The van der Waals surface area contributed by atoms with Crippen molar-refractivity contribution in [2.75, 3.05) is 5.32 Å². The van der Waals surface area contributed by atoms with Crippen molar-refractivity contribution < 1.29 is 4.79 Å². The highest BCUT2D eigenvalue weighted by molar-refractivity contribution is 6.35. The molecule has 0 saturated heterocycles. The summed E-state index contributed by atoms with van der Waals surface area (Å²) >= 11 is 18.9. The summed E-state index contributed by atoms with van der Waals surface area (Å²) in [6, 6.07) is 16.7. The second-order valence-electron chi connectivity index (χ2n) is 8.06. The Morgan fingerprint density at radius 1 is 1.00 bits per heavy atom. The average molecular weight is 487 g/mol. The van der Waals surface area contributed by atoms with Crippen molar-refractivity contribution in [1.82, 2.24) is 9.55 Å². The minimum Gasteiger partial charge on any atom is -0.324 e. The number of fused-ring (bicyclic) bond motifs is 1. The van der Waals surface area contributed by atoms with Crippen LogP contribution in [0.5, 0.6) is 0 Å². The summed E-state index contributed by atoms with van der Waals surface area (Å²) in [6.07, 6.45) is 0. The third-order valence-corrected chi connectivity index (χ3v) is 6.18. The molecule has 0 radical (unpaired) electrons. The molecule has 1 N–H and O–H groups in total. The van der Waals surface area contributed by atoms with E-state index in [0.29, 0.717) is 37.9 Å². The predicted octanol–water partition coefficient (Wildman–Crippen LogP) is 7.73. The zero-order chi connectivity index (χ0) is 23.0. The molecule has 164 valence electrons. The van der Waals surface area contributed by atoms with Crippen molar-refractivity contribution in [2.24, 2.45) is 0 Å². The van der Waals surface area contributed by atoms with Crippen LogP contribution in [-0.2, 0) is 11.3 Å². The van der Waals surface area contributed by atoms with Gasteiger partial charge in [-0.1, -0.05) is 60.8 Å². The minimum absolute atomic E-state index is 0.0572. The molecule has 4 aromatic rings. The number of rotatable bonds is 5. The van der Waals surface area contributed by atoms with Gasteiger partial charge in [0.05, 0.1) is 16.1 Å². The maximum absolute atomic E-state index is 13.1. The average Bonchev–Trinajstić information content (AvgIpc) is 3.08. The number of carbonyl (C=O) groups is 1. The molecule has 32 heavy (non-hydrogen) atoms. The summed E-state index contributed by atoms with van der Waals surface area (Å²) in [7, 11) is 0. The largest absolute Gasteiger partial charge is 0.324 e. The molecule has 4 nitrogen and oxygen atoms in total. The number of carbonyl (C=O) groups excluding carboxylic acids is 1. The molecule has 0 bridgehead atoms. The van der Waals surface area contributed by atoms with Crippen LogP contribution in [0.15, 0.2) is 54.6 Å². The number of amides is 1. The molecule has 0 aliphatic carbocycles. The SMILES string of the molecule is Cc1ccc(C(C)C)cc1NC(=O)Cn1c(-c2cc(Cl)ccc2Cl)nc2cc(Cl)ccc21. The van der Waals surface area contributed by atoms with Crippen LogP contribution in [0.1, 0.15) is 30.9 Å². The van der Waals surface area contributed by atoms with Crippen LogP contribution in [0.4, 0.5) is 5.69 Å². The van der Waals surface area contributed by atoms with Crippen LogP contribution in [0.3, 0.4) is 0 Å². The topological polar surface area (TPSA) is 46.9 Å². The first-order valence-electron chi connectivity index (χ1n) is 10.2. The summed E-state index contributed by atoms with van der Waals surface area (Å²) in [5.41, 5.74) is 5.08. The van der Waals surface area contributed by atoms with Gasteiger partial charge in [-0.15, -0.1) is 0 Å². The highest BCUT2D eigenvalue weighted by Gasteiger charge is 2.19. The Labute approximate surface area is 202 Å². The molecule has 0 fully saturated rings. The smallest absolute Gasteiger partial charge is 0.244 e. The zero-order valence-corrected chi connectivity index (χ0v) is 20.2. The zero-order valence-electron chi connectivity index (χ0n) is 17.9. The summed E-state index contributed by atoms with van der Waals surface area (Å²) in [5, 5.41) is 4.65. The van der Waals surface area contributed by atoms with Gasteiger partial charge in [-0.2, -0.15) is 0 Å². The normalized spacial score (nSPS) is 11.3. The van der Waals surface area contributed by atoms with E-state index in [0.717, 1.165) is 16.8 Å². The Balaban J connectivity index is 1.75. The van der Waals surface area contributed by atoms with E-state index in [4.69, 9.17) is 39.8 Å². The first-order chi connectivity index (χ1) is 15.2. The third kappa shape index (κ3) is 4.63. The second kappa shape index (κ2) is 9.14. The Bertz CT molecular complexity index is 1330. The standard InChI is InChI=1S/C25H22Cl3N3O/c1-14(2)16-5-4-15(3)21(10-16)29-24(32)13-31-23-9-7-18(27)12-22(23)30-25(31)19-11-17(26)6-8-20(19)28/h4-12,14H,13H2,1-3H3,(H,29,32). The second-order valence-corrected chi connectivity index (χ2v) is 9.34. The van der Waals surface area contributed by atoms with Gasteiger partial charge in [0.2, 0.25) is 5.91 Å². The summed E-state index contributed by atoms with van der Waals surface area (Å²) < 4.78 is 1.83. The van der Waals surface area contributed by atoms with Gasteiger partial charge in [-0.05, 0) is 66.4 Å². The van der Waals surface area contributed by atoms with Gasteiger partial charge in [0.15, 0.2) is 0 Å². The molecule has 0 saturated carbocycles. The fourth-order valence-corrected chi connectivity index (χ4v) is 4.14. The van der Waals surface area contributed by atoms with E-state index in [9.17, 15) is 4.79 Å². The molecular weight excluding hydrogens is 465 g/mol. The maximum Gasteiger partial charge on any atom is 0.244 e. The number of benzene rings is 3. The Morgan fingerprint density at radius 2 is 1.72 bits per heavy atom. The van der Waals surface area contributed by atoms with Gasteiger partial charge in [0.25, 0.3) is 0 Å². The van der Waals surface area contributed by atoms with Crippen LogP contribution < -0.4 is 5.32 Å². The number of aryl methyl sites for hydroxylation is 1. The molecule has 7 heteroatoms. The van der Waals surface area contributed by atoms with Crippen molar-refractivity contribution in [3.8, 4) is 11.4 Å². The fourth-order valence-electron chi connectivity index (χ4n) is 3.60. The predicted molar refractivity (Wildman–Crippen MR) is 134 cm³/mol. The van der Waals surface area contributed by atoms with Crippen LogP contribution in [0.25, 0.3) is 22.4 Å². The fraction of sp³-hybridized carbons (Fsp3) is 0.200. The van der Waals surface area contributed by atoms with E-state index in [1.165, 1.54) is 5.56 Å². The van der Waals surface area contributed by atoms with E-state index >= 15 is 0 Å². The van der Waals surface area contributed by atoms with Crippen LogP contribution in [-0.4, -0.2) is 15.5 Å². The monoisotopic (exact) mass is 485 g/mol. The molecule has 1 amide bonds. The van der Waals surface area contributed by atoms with E-state index in [1.807, 2.05) is 29.7 Å². The number of hydrogen-bond acceptors (Lipinski definition) is 2. The first-order valence-corrected chi connectivity index (χ1v) is 11.4. The van der Waals surface area contributed by atoms with Crippen molar-refractivity contribution >= 4 is 57.4 Å². The molecule has 0 atom stereocenters. The molecule has 0 spiro atoms. The molecule has 0 aliphatic heterocycles. The van der Waals surface area contributed by atoms with E-state index < -0.39 is 0 Å². The highest BCUT2D eigenvalue weighted by atomic mass is 35.5. The summed E-state index contributed by atoms with van der Waals surface area (Å²) in [5.74, 6) is 0.755. The summed E-state index contributed by atoms with van der Waals surface area (Å²) in [6.45, 7) is 6.28. The number of nitrogens with zero attached hydrogens (tertiary/aromatic N) is 2. The number of hydrogen-bond donors (Lipinski definition) is 1. The minimum atomic E-state index is -0.164. The van der Waals surface area contributed by atoms with E-state index in [1.54, 1.807) is 30.3 Å². The molecule has 0 aliphatic rings. The Hall–Kier alpha value is -2.53. The molecule has 1 heterocycles. The van der Waals surface area contributed by atoms with Crippen LogP contribution >= 0.6 is 34.8 Å². The molecule has 1 aromatic heterocycles. The van der Waals surface area contributed by atoms with Gasteiger partial charge < -0.3 is 9.88 Å². The first kappa shape index (κ1) is 22.7. The van der Waals surface area contributed by atoms with Gasteiger partial charge in [0, 0.05) is 21.3 Å². The van der Waals surface area contributed by atoms with E-state index in [2.05, 4.69) is 25.2 Å². The molecular formula is C25H22Cl3N3O. The maximum atomic E-state index is 13.1. The highest BCUT2D eigenvalue weighted by Crippen LogP contribution is 2.33. The quantitative estimate of drug-likeness (QED) is 0.314. The number of halogens is 3. The van der Waals surface area contributed by atoms with Crippen LogP contribution in [0.2, 0.25) is 15.1 Å². The van der Waals surface area contributed by atoms with Crippen molar-refractivity contribution in [3.63, 3.8) is 0 Å². The number of aromatic nitrogens is 2. The third-order valence-electron chi connectivity index (χ3n) is 5.38. The van der Waals surface area contributed by atoms with Gasteiger partial charge in [-0.25, -0.2) is 4.98 Å². The van der Waals surface area contributed by atoms with Crippen molar-refractivity contribution in [1.29, 1.82) is 0 Å². The van der Waals surface area contributed by atoms with Crippen LogP contribution in [0, 0.1) is 6.92 Å². The number of anilines is 1. The van der Waals surface area contributed by atoms with Crippen molar-refractivity contribution in [2.45, 2.75) is 33.2 Å². The van der Waals surface area contributed by atoms with Crippen molar-refractivity contribution in [3.05, 3.63) is 80.8 Å². The lowest BCUT2D eigenvalue weighted by Gasteiger charge is -2.14. The van der Waals surface area contributed by atoms with E-state index in [-0.39, 0.29) is 12.5 Å². The molecule has 0 unspecified atom stereocenters. The lowest BCUT2D eigenvalue weighted by molar-refractivity contribution is -0.116. The van der Waals surface area contributed by atoms with Gasteiger partial charge in [-0.3, -0.25) is 4.79 Å². The molecule has 3 aromatic carbocycles. The lowest BCUT2D eigenvalue weighted by Crippen LogP contribution is -2.20. The molecule has 4 rings (SSSR count). The van der Waals surface area contributed by atoms with Gasteiger partial charge in [0.1, 0.15) is 12.4 Å². The summed E-state index contributed by atoms with van der Waals surface area (Å²) in [4.78, 5) is 17.8. The number of imidazole rings is 1. The van der Waals surface area contributed by atoms with Gasteiger partial charge >= 0.3 is 0 Å². The number of nitrogens with one attached hydrogen (secondary N) is 1. The Morgan fingerprint density at radius 3 is 2.47 bits per heavy atom. The Kier molecular flexibility index (Phi) is 6.47. The lowest BCUT2D eigenvalue weighted by atomic mass is 10.0.